The molecule has 0 heterocycles. The summed E-state index contributed by atoms with van der Waals surface area (Å²) in [5.74, 6) is 0. The lowest BCUT2D eigenvalue weighted by molar-refractivity contribution is 0.151. The fourth-order valence-corrected chi connectivity index (χ4v) is 2.41. The molecule has 2 aromatic carbocycles. The van der Waals surface area contributed by atoms with E-state index in [4.69, 9.17) is 0 Å². The highest BCUT2D eigenvalue weighted by molar-refractivity contribution is 5.82. The Labute approximate surface area is 109 Å². The summed E-state index contributed by atoms with van der Waals surface area (Å²) in [6.45, 7) is 2.12. The third-order valence-electron chi connectivity index (χ3n) is 3.44. The molecule has 0 bridgehead atoms. The van der Waals surface area contributed by atoms with E-state index in [1.165, 1.54) is 16.3 Å². The summed E-state index contributed by atoms with van der Waals surface area (Å²) in [6.07, 6.45) is 4.93. The highest BCUT2D eigenvalue weighted by Gasteiger charge is 2.03. The topological polar surface area (TPSA) is 20.2 Å². The first-order chi connectivity index (χ1) is 8.79. The molecule has 0 saturated carbocycles. The largest absolute Gasteiger partial charge is 0.393 e. The van der Waals surface area contributed by atoms with Crippen molar-refractivity contribution in [1.82, 2.24) is 0 Å². The Bertz CT molecular complexity index is 490. The van der Waals surface area contributed by atoms with Crippen LogP contribution in [0.4, 0.5) is 0 Å². The molecule has 18 heavy (non-hydrogen) atoms. The van der Waals surface area contributed by atoms with Crippen molar-refractivity contribution in [1.29, 1.82) is 0 Å². The van der Waals surface area contributed by atoms with Crippen molar-refractivity contribution in [2.45, 2.75) is 45.1 Å². The summed E-state index contributed by atoms with van der Waals surface area (Å²) >= 11 is 0. The number of rotatable bonds is 6. The van der Waals surface area contributed by atoms with Gasteiger partial charge in [-0.25, -0.2) is 0 Å². The molecule has 1 heteroatoms. The predicted molar refractivity (Wildman–Crippen MR) is 77.8 cm³/mol. The molecule has 96 valence electrons. The Hall–Kier alpha value is -1.34. The Morgan fingerprint density at radius 3 is 2.56 bits per heavy atom. The van der Waals surface area contributed by atoms with E-state index in [0.29, 0.717) is 0 Å². The minimum atomic E-state index is -0.115. The highest BCUT2D eigenvalue weighted by atomic mass is 16.3. The van der Waals surface area contributed by atoms with Crippen LogP contribution in [0.2, 0.25) is 0 Å². The van der Waals surface area contributed by atoms with Crippen molar-refractivity contribution in [3.8, 4) is 0 Å². The average molecular weight is 242 g/mol. The summed E-state index contributed by atoms with van der Waals surface area (Å²) in [6, 6.07) is 15.1. The van der Waals surface area contributed by atoms with E-state index in [2.05, 4.69) is 49.4 Å². The first-order valence-electron chi connectivity index (χ1n) is 6.95. The van der Waals surface area contributed by atoms with E-state index in [-0.39, 0.29) is 6.10 Å². The van der Waals surface area contributed by atoms with E-state index >= 15 is 0 Å². The lowest BCUT2D eigenvalue weighted by Crippen LogP contribution is -2.05. The molecule has 0 unspecified atom stereocenters. The summed E-state index contributed by atoms with van der Waals surface area (Å²) < 4.78 is 0. The fourth-order valence-electron chi connectivity index (χ4n) is 2.41. The van der Waals surface area contributed by atoms with Crippen molar-refractivity contribution >= 4 is 10.8 Å². The van der Waals surface area contributed by atoms with Gasteiger partial charge >= 0.3 is 0 Å². The predicted octanol–water partition coefficient (Wildman–Crippen LogP) is 4.32. The molecule has 2 rings (SSSR count). The molecule has 0 spiro atoms. The Balaban J connectivity index is 1.91. The van der Waals surface area contributed by atoms with Gasteiger partial charge in [-0.15, -0.1) is 0 Å². The van der Waals surface area contributed by atoms with Gasteiger partial charge in [0.05, 0.1) is 6.10 Å². The normalized spacial score (nSPS) is 12.8. The van der Waals surface area contributed by atoms with Crippen LogP contribution in [0.15, 0.2) is 42.5 Å². The maximum atomic E-state index is 9.70. The Kier molecular flexibility index (Phi) is 4.77. The van der Waals surface area contributed by atoms with Crippen LogP contribution >= 0.6 is 0 Å². The molecule has 0 amide bonds. The van der Waals surface area contributed by atoms with Crippen molar-refractivity contribution in [2.75, 3.05) is 0 Å². The van der Waals surface area contributed by atoms with Crippen LogP contribution in [-0.4, -0.2) is 11.2 Å². The highest BCUT2D eigenvalue weighted by Crippen LogP contribution is 2.17. The second kappa shape index (κ2) is 6.55. The van der Waals surface area contributed by atoms with Crippen LogP contribution < -0.4 is 0 Å². The lowest BCUT2D eigenvalue weighted by atomic mass is 10.0. The number of benzene rings is 2. The summed E-state index contributed by atoms with van der Waals surface area (Å²) in [5.41, 5.74) is 1.37. The average Bonchev–Trinajstić information content (AvgIpc) is 2.39. The first-order valence-corrected chi connectivity index (χ1v) is 6.95. The summed E-state index contributed by atoms with van der Waals surface area (Å²) in [4.78, 5) is 0. The monoisotopic (exact) mass is 242 g/mol. The maximum absolute atomic E-state index is 9.70. The van der Waals surface area contributed by atoms with Crippen LogP contribution in [0.25, 0.3) is 10.8 Å². The van der Waals surface area contributed by atoms with Gasteiger partial charge in [0.2, 0.25) is 0 Å². The minimum absolute atomic E-state index is 0.115. The van der Waals surface area contributed by atoms with Crippen molar-refractivity contribution < 1.29 is 5.11 Å². The van der Waals surface area contributed by atoms with Crippen LogP contribution in [0.1, 0.15) is 38.2 Å². The molecular formula is C17H22O. The molecule has 2 aromatic rings. The van der Waals surface area contributed by atoms with E-state index in [0.717, 1.165) is 32.1 Å². The summed E-state index contributed by atoms with van der Waals surface area (Å²) in [5, 5.41) is 12.3. The third-order valence-corrected chi connectivity index (χ3v) is 3.44. The molecule has 1 N–H and O–H groups in total. The molecule has 0 aliphatic rings. The molecule has 0 saturated heterocycles. The second-order valence-electron chi connectivity index (χ2n) is 5.02. The molecule has 0 aliphatic heterocycles. The molecule has 0 aromatic heterocycles. The smallest absolute Gasteiger partial charge is 0.0540 e. The standard InChI is InChI=1S/C17H22O/c1-2-6-17(18)10-5-7-14-11-12-15-8-3-4-9-16(15)13-14/h3-4,8-9,11-13,17-18H,2,5-7,10H2,1H3/t17-/m0/s1. The number of aryl methyl sites for hydroxylation is 1. The van der Waals surface area contributed by atoms with Gasteiger partial charge < -0.3 is 5.11 Å². The van der Waals surface area contributed by atoms with Gasteiger partial charge in [0.25, 0.3) is 0 Å². The quantitative estimate of drug-likeness (QED) is 0.799. The zero-order chi connectivity index (χ0) is 12.8. The Morgan fingerprint density at radius 1 is 1.00 bits per heavy atom. The molecule has 1 nitrogen and oxygen atoms in total. The number of fused-ring (bicyclic) bond motifs is 1. The van der Waals surface area contributed by atoms with E-state index < -0.39 is 0 Å². The van der Waals surface area contributed by atoms with Crippen LogP contribution in [0.5, 0.6) is 0 Å². The second-order valence-corrected chi connectivity index (χ2v) is 5.02. The molecule has 0 radical (unpaired) electrons. The first kappa shape index (κ1) is 13.1. The molecule has 1 atom stereocenters. The maximum Gasteiger partial charge on any atom is 0.0540 e. The number of hydrogen-bond donors (Lipinski definition) is 1. The zero-order valence-electron chi connectivity index (χ0n) is 11.1. The Morgan fingerprint density at radius 2 is 1.78 bits per heavy atom. The number of aliphatic hydroxyl groups excluding tert-OH is 1. The summed E-state index contributed by atoms with van der Waals surface area (Å²) in [7, 11) is 0. The minimum Gasteiger partial charge on any atom is -0.393 e. The van der Waals surface area contributed by atoms with Gasteiger partial charge in [0.1, 0.15) is 0 Å². The SMILES string of the molecule is CCC[C@H](O)CCCc1ccc2ccccc2c1. The number of hydrogen-bond acceptors (Lipinski definition) is 1. The zero-order valence-corrected chi connectivity index (χ0v) is 11.1. The van der Waals surface area contributed by atoms with E-state index in [9.17, 15) is 5.11 Å². The lowest BCUT2D eigenvalue weighted by Gasteiger charge is -2.09. The van der Waals surface area contributed by atoms with Crippen molar-refractivity contribution in [3.63, 3.8) is 0 Å². The van der Waals surface area contributed by atoms with Crippen LogP contribution in [0.3, 0.4) is 0 Å². The fraction of sp³-hybridized carbons (Fsp3) is 0.412. The van der Waals surface area contributed by atoms with Gasteiger partial charge in [-0.3, -0.25) is 0 Å². The van der Waals surface area contributed by atoms with Crippen LogP contribution in [0, 0.1) is 0 Å². The van der Waals surface area contributed by atoms with Gasteiger partial charge in [-0.1, -0.05) is 55.8 Å². The van der Waals surface area contributed by atoms with E-state index in [1.807, 2.05) is 0 Å². The van der Waals surface area contributed by atoms with E-state index in [1.54, 1.807) is 0 Å². The molecular weight excluding hydrogens is 220 g/mol. The van der Waals surface area contributed by atoms with Gasteiger partial charge in [-0.2, -0.15) is 0 Å². The molecule has 0 aliphatic carbocycles. The van der Waals surface area contributed by atoms with Crippen molar-refractivity contribution in [3.05, 3.63) is 48.0 Å². The van der Waals surface area contributed by atoms with Gasteiger partial charge in [-0.05, 0) is 42.0 Å². The van der Waals surface area contributed by atoms with Gasteiger partial charge in [0, 0.05) is 0 Å². The third kappa shape index (κ3) is 3.58. The van der Waals surface area contributed by atoms with Crippen molar-refractivity contribution in [2.24, 2.45) is 0 Å². The molecule has 0 fully saturated rings. The van der Waals surface area contributed by atoms with Crippen LogP contribution in [-0.2, 0) is 6.42 Å². The van der Waals surface area contributed by atoms with Gasteiger partial charge in [0.15, 0.2) is 0 Å². The number of aliphatic hydroxyl groups is 1.